The second-order valence-corrected chi connectivity index (χ2v) is 7.43. The van der Waals surface area contributed by atoms with Crippen LogP contribution in [0.1, 0.15) is 24.1 Å². The molecule has 6 heteroatoms. The molecule has 1 aliphatic heterocycles. The smallest absolute Gasteiger partial charge is 0.319 e. The van der Waals surface area contributed by atoms with Crippen LogP contribution < -0.4 is 15.5 Å². The molecule has 25 heavy (non-hydrogen) atoms. The van der Waals surface area contributed by atoms with E-state index in [1.165, 1.54) is 22.8 Å². The zero-order valence-electron chi connectivity index (χ0n) is 14.7. The molecule has 2 N–H and O–H groups in total. The van der Waals surface area contributed by atoms with Gasteiger partial charge < -0.3 is 15.5 Å². The highest BCUT2D eigenvalue weighted by molar-refractivity contribution is 7.99. The molecule has 1 fully saturated rings. The van der Waals surface area contributed by atoms with Crippen LogP contribution in [-0.2, 0) is 0 Å². The Labute approximate surface area is 153 Å². The maximum atomic E-state index is 12.2. The first kappa shape index (κ1) is 17.6. The molecule has 0 saturated carbocycles. The lowest BCUT2D eigenvalue weighted by atomic mass is 10.1. The molecule has 3 rings (SSSR count). The van der Waals surface area contributed by atoms with Crippen LogP contribution >= 0.6 is 11.8 Å². The maximum Gasteiger partial charge on any atom is 0.319 e. The van der Waals surface area contributed by atoms with Crippen molar-refractivity contribution in [3.63, 3.8) is 0 Å². The van der Waals surface area contributed by atoms with Gasteiger partial charge in [-0.25, -0.2) is 4.79 Å². The summed E-state index contributed by atoms with van der Waals surface area (Å²) in [7, 11) is 0. The predicted molar refractivity (Wildman–Crippen MR) is 106 cm³/mol. The summed E-state index contributed by atoms with van der Waals surface area (Å²) in [6.07, 6.45) is 3.46. The van der Waals surface area contributed by atoms with Gasteiger partial charge in [0.25, 0.3) is 0 Å². The average Bonchev–Trinajstić information content (AvgIpc) is 2.63. The molecule has 1 unspecified atom stereocenters. The molecule has 1 aromatic heterocycles. The summed E-state index contributed by atoms with van der Waals surface area (Å²) < 4.78 is 0. The van der Waals surface area contributed by atoms with E-state index in [-0.39, 0.29) is 12.1 Å². The van der Waals surface area contributed by atoms with Gasteiger partial charge in [0.15, 0.2) is 0 Å². The lowest BCUT2D eigenvalue weighted by Gasteiger charge is -2.30. The van der Waals surface area contributed by atoms with Crippen molar-refractivity contribution in [3.8, 4) is 0 Å². The Balaban J connectivity index is 1.60. The highest BCUT2D eigenvalue weighted by Gasteiger charge is 2.14. The molecule has 1 aromatic carbocycles. The van der Waals surface area contributed by atoms with Crippen molar-refractivity contribution in [2.24, 2.45) is 0 Å². The Morgan fingerprint density at radius 3 is 2.60 bits per heavy atom. The Kier molecular flexibility index (Phi) is 5.81. The standard InChI is InChI=1S/C19H24N4OS/c1-14-13-17(3-4-18(14)23-9-11-25-12-10-23)22-19(24)21-15(2)16-5-7-20-8-6-16/h3-8,13,15H,9-12H2,1-2H3,(H2,21,22,24). The van der Waals surface area contributed by atoms with Crippen LogP contribution in [-0.4, -0.2) is 35.6 Å². The van der Waals surface area contributed by atoms with Gasteiger partial charge in [-0.15, -0.1) is 0 Å². The van der Waals surface area contributed by atoms with Gasteiger partial charge in [0, 0.05) is 48.4 Å². The van der Waals surface area contributed by atoms with Gasteiger partial charge >= 0.3 is 6.03 Å². The van der Waals surface area contributed by atoms with E-state index < -0.39 is 0 Å². The van der Waals surface area contributed by atoms with Crippen LogP contribution in [0.3, 0.4) is 0 Å². The van der Waals surface area contributed by atoms with Gasteiger partial charge in [0.1, 0.15) is 0 Å². The Hall–Kier alpha value is -2.21. The summed E-state index contributed by atoms with van der Waals surface area (Å²) in [5.41, 5.74) is 4.29. The van der Waals surface area contributed by atoms with Gasteiger partial charge in [-0.1, -0.05) is 0 Å². The number of nitrogens with zero attached hydrogens (tertiary/aromatic N) is 2. The molecule has 132 valence electrons. The molecule has 1 saturated heterocycles. The highest BCUT2D eigenvalue weighted by Crippen LogP contribution is 2.26. The largest absolute Gasteiger partial charge is 0.370 e. The van der Waals surface area contributed by atoms with E-state index >= 15 is 0 Å². The Morgan fingerprint density at radius 2 is 1.92 bits per heavy atom. The van der Waals surface area contributed by atoms with Crippen LogP contribution in [0, 0.1) is 6.92 Å². The lowest BCUT2D eigenvalue weighted by molar-refractivity contribution is 0.249. The summed E-state index contributed by atoms with van der Waals surface area (Å²) in [5, 5.41) is 5.88. The molecule has 0 radical (unpaired) electrons. The minimum absolute atomic E-state index is 0.0748. The topological polar surface area (TPSA) is 57.3 Å². The molecule has 0 aliphatic carbocycles. The molecule has 2 amide bonds. The fourth-order valence-electron chi connectivity index (χ4n) is 2.99. The van der Waals surface area contributed by atoms with Gasteiger partial charge in [0.2, 0.25) is 0 Å². The highest BCUT2D eigenvalue weighted by atomic mass is 32.2. The first-order chi connectivity index (χ1) is 12.1. The van der Waals surface area contributed by atoms with Crippen molar-refractivity contribution in [1.82, 2.24) is 10.3 Å². The van der Waals surface area contributed by atoms with Gasteiger partial charge in [-0.2, -0.15) is 11.8 Å². The summed E-state index contributed by atoms with van der Waals surface area (Å²) in [6, 6.07) is 9.64. The number of nitrogens with one attached hydrogen (secondary N) is 2. The first-order valence-electron chi connectivity index (χ1n) is 8.54. The number of amides is 2. The van der Waals surface area contributed by atoms with Crippen LogP contribution in [0.25, 0.3) is 0 Å². The van der Waals surface area contributed by atoms with E-state index in [4.69, 9.17) is 0 Å². The van der Waals surface area contributed by atoms with Crippen molar-refractivity contribution in [2.45, 2.75) is 19.9 Å². The normalized spacial score (nSPS) is 15.5. The van der Waals surface area contributed by atoms with E-state index in [2.05, 4.69) is 33.5 Å². The predicted octanol–water partition coefficient (Wildman–Crippen LogP) is 3.83. The van der Waals surface area contributed by atoms with Crippen LogP contribution in [0.15, 0.2) is 42.7 Å². The minimum Gasteiger partial charge on any atom is -0.370 e. The molecule has 1 aliphatic rings. The van der Waals surface area contributed by atoms with Crippen LogP contribution in [0.4, 0.5) is 16.2 Å². The quantitative estimate of drug-likeness (QED) is 0.874. The van der Waals surface area contributed by atoms with Crippen molar-refractivity contribution in [2.75, 3.05) is 34.8 Å². The number of pyridine rings is 1. The maximum absolute atomic E-state index is 12.2. The second kappa shape index (κ2) is 8.25. The number of thioether (sulfide) groups is 1. The second-order valence-electron chi connectivity index (χ2n) is 6.20. The van der Waals surface area contributed by atoms with Gasteiger partial charge in [0.05, 0.1) is 6.04 Å². The number of hydrogen-bond acceptors (Lipinski definition) is 4. The number of anilines is 2. The minimum atomic E-state index is -0.203. The lowest BCUT2D eigenvalue weighted by Crippen LogP contribution is -2.33. The van der Waals surface area contributed by atoms with E-state index in [1.807, 2.05) is 43.0 Å². The third-order valence-electron chi connectivity index (χ3n) is 4.36. The number of urea groups is 1. The zero-order chi connectivity index (χ0) is 17.6. The summed E-state index contributed by atoms with van der Waals surface area (Å²) in [4.78, 5) is 18.7. The number of benzene rings is 1. The number of carbonyl (C=O) groups is 1. The molecular formula is C19H24N4OS. The first-order valence-corrected chi connectivity index (χ1v) is 9.70. The van der Waals surface area contributed by atoms with E-state index in [9.17, 15) is 4.79 Å². The summed E-state index contributed by atoms with van der Waals surface area (Å²) >= 11 is 2.00. The Morgan fingerprint density at radius 1 is 1.20 bits per heavy atom. The molecule has 5 nitrogen and oxygen atoms in total. The number of aromatic nitrogens is 1. The zero-order valence-corrected chi connectivity index (χ0v) is 15.5. The fourth-order valence-corrected chi connectivity index (χ4v) is 3.89. The SMILES string of the molecule is Cc1cc(NC(=O)NC(C)c2ccncc2)ccc1N1CCSCC1. The molecule has 2 heterocycles. The third kappa shape index (κ3) is 4.66. The third-order valence-corrected chi connectivity index (χ3v) is 5.30. The summed E-state index contributed by atoms with van der Waals surface area (Å²) in [5.74, 6) is 2.35. The van der Waals surface area contributed by atoms with E-state index in [0.717, 1.165) is 24.3 Å². The van der Waals surface area contributed by atoms with Crippen molar-refractivity contribution in [1.29, 1.82) is 0 Å². The van der Waals surface area contributed by atoms with Crippen molar-refractivity contribution in [3.05, 3.63) is 53.9 Å². The number of rotatable bonds is 4. The fraction of sp³-hybridized carbons (Fsp3) is 0.368. The number of aryl methyl sites for hydroxylation is 1. The average molecular weight is 356 g/mol. The van der Waals surface area contributed by atoms with Crippen LogP contribution in [0.5, 0.6) is 0 Å². The molecule has 0 bridgehead atoms. The van der Waals surface area contributed by atoms with Gasteiger partial charge in [-0.3, -0.25) is 4.98 Å². The molecule has 1 atom stereocenters. The van der Waals surface area contributed by atoms with Crippen molar-refractivity contribution < 1.29 is 4.79 Å². The molecule has 2 aromatic rings. The van der Waals surface area contributed by atoms with Crippen molar-refractivity contribution >= 4 is 29.2 Å². The molecular weight excluding hydrogens is 332 g/mol. The van der Waals surface area contributed by atoms with E-state index in [0.29, 0.717) is 0 Å². The Bertz CT molecular complexity index is 717. The van der Waals surface area contributed by atoms with E-state index in [1.54, 1.807) is 12.4 Å². The number of carbonyl (C=O) groups excluding carboxylic acids is 1. The number of hydrogen-bond donors (Lipinski definition) is 2. The summed E-state index contributed by atoms with van der Waals surface area (Å²) in [6.45, 7) is 6.22. The van der Waals surface area contributed by atoms with Gasteiger partial charge in [-0.05, 0) is 55.3 Å². The molecule has 0 spiro atoms. The monoisotopic (exact) mass is 356 g/mol. The van der Waals surface area contributed by atoms with Crippen LogP contribution in [0.2, 0.25) is 0 Å².